The van der Waals surface area contributed by atoms with Crippen molar-refractivity contribution in [3.63, 3.8) is 0 Å². The van der Waals surface area contributed by atoms with Gasteiger partial charge >= 0.3 is 0 Å². The average molecular weight is 321 g/mol. The number of benzene rings is 1. The Kier molecular flexibility index (Phi) is 6.47. The van der Waals surface area contributed by atoms with Crippen LogP contribution in [-0.2, 0) is 37.4 Å². The third-order valence-corrected chi connectivity index (χ3v) is 3.00. The molecule has 4 heteroatoms. The molecule has 0 saturated carbocycles. The zero-order valence-corrected chi connectivity index (χ0v) is 13.8. The Hall–Kier alpha value is -0.246. The maximum absolute atomic E-state index is 12.1. The third-order valence-electron chi connectivity index (χ3n) is 3.00. The van der Waals surface area contributed by atoms with Crippen molar-refractivity contribution in [2.75, 3.05) is 26.3 Å². The first-order valence-electron chi connectivity index (χ1n) is 6.07. The van der Waals surface area contributed by atoms with E-state index >= 15 is 0 Å². The molecule has 1 aliphatic rings. The molecule has 95 valence electrons. The van der Waals surface area contributed by atoms with Crippen molar-refractivity contribution in [2.45, 2.75) is 19.8 Å². The first-order chi connectivity index (χ1) is 8.18. The minimum atomic E-state index is 0. The van der Waals surface area contributed by atoms with E-state index in [2.05, 4.69) is 19.9 Å². The van der Waals surface area contributed by atoms with E-state index in [1.54, 1.807) is 6.07 Å². The molecule has 1 amide bonds. The van der Waals surface area contributed by atoms with E-state index in [9.17, 15) is 4.79 Å². The summed E-state index contributed by atoms with van der Waals surface area (Å²) in [6, 6.07) is 8.85. The van der Waals surface area contributed by atoms with Crippen LogP contribution in [0.4, 0.5) is 0 Å². The first kappa shape index (κ1) is 15.8. The van der Waals surface area contributed by atoms with Crippen LogP contribution >= 0.6 is 0 Å². The molecule has 0 unspecified atom stereocenters. The number of hydrogen-bond donors (Lipinski definition) is 0. The minimum Gasteiger partial charge on any atom is -0.378 e. The molecule has 1 aromatic rings. The molecule has 18 heavy (non-hydrogen) atoms. The van der Waals surface area contributed by atoms with E-state index in [1.807, 2.05) is 17.0 Å². The quantitative estimate of drug-likeness (QED) is 0.781. The van der Waals surface area contributed by atoms with Crippen LogP contribution in [0.25, 0.3) is 0 Å². The summed E-state index contributed by atoms with van der Waals surface area (Å²) in [5.41, 5.74) is 1.86. The summed E-state index contributed by atoms with van der Waals surface area (Å²) in [6.45, 7) is 6.89. The smallest absolute Gasteiger partial charge is 0.198 e. The fraction of sp³-hybridized carbons (Fsp3) is 0.500. The van der Waals surface area contributed by atoms with Crippen LogP contribution in [0.5, 0.6) is 0 Å². The number of rotatable bonds is 2. The van der Waals surface area contributed by atoms with Crippen molar-refractivity contribution in [1.29, 1.82) is 0 Å². The number of hydrogen-bond acceptors (Lipinski definition) is 2. The van der Waals surface area contributed by atoms with Gasteiger partial charge in [0.15, 0.2) is 5.91 Å². The molecule has 0 atom stereocenters. The number of carbonyl (C=O) groups excluding carboxylic acids is 1. The summed E-state index contributed by atoms with van der Waals surface area (Å²) in [5, 5.41) is 0. The molecular weight excluding hydrogens is 303 g/mol. The third kappa shape index (κ3) is 3.87. The normalized spacial score (nSPS) is 15.4. The Morgan fingerprint density at radius 2 is 2.00 bits per heavy atom. The predicted molar refractivity (Wildman–Crippen MR) is 66.1 cm³/mol. The van der Waals surface area contributed by atoms with Crippen LogP contribution in [0.2, 0.25) is 0 Å². The number of amides is 1. The summed E-state index contributed by atoms with van der Waals surface area (Å²) in [7, 11) is 0. The Bertz CT molecular complexity index is 383. The molecule has 0 aromatic heterocycles. The van der Waals surface area contributed by atoms with Crippen molar-refractivity contribution in [2.24, 2.45) is 0 Å². The molecule has 2 rings (SSSR count). The second kappa shape index (κ2) is 7.37. The van der Waals surface area contributed by atoms with E-state index in [1.165, 1.54) is 0 Å². The van der Waals surface area contributed by atoms with Gasteiger partial charge < -0.3 is 9.64 Å². The number of nitrogens with zero attached hydrogens (tertiary/aromatic N) is 1. The molecule has 1 fully saturated rings. The summed E-state index contributed by atoms with van der Waals surface area (Å²) in [6.07, 6.45) is 0. The van der Waals surface area contributed by atoms with Crippen LogP contribution < -0.4 is 0 Å². The van der Waals surface area contributed by atoms with Gasteiger partial charge in [0.05, 0.1) is 13.2 Å². The van der Waals surface area contributed by atoms with Crippen molar-refractivity contribution in [1.82, 2.24) is 4.90 Å². The van der Waals surface area contributed by atoms with Gasteiger partial charge in [-0.2, -0.15) is 29.8 Å². The Morgan fingerprint density at radius 3 is 2.50 bits per heavy atom. The van der Waals surface area contributed by atoms with Gasteiger partial charge in [0.2, 0.25) is 0 Å². The molecule has 3 nitrogen and oxygen atoms in total. The van der Waals surface area contributed by atoms with Gasteiger partial charge in [-0.1, -0.05) is 19.4 Å². The molecule has 0 spiro atoms. The maximum atomic E-state index is 12.1. The predicted octanol–water partition coefficient (Wildman–Crippen LogP) is 2.08. The second-order valence-electron chi connectivity index (χ2n) is 4.59. The van der Waals surface area contributed by atoms with Crippen molar-refractivity contribution in [3.05, 3.63) is 35.4 Å². The molecule has 1 aromatic carbocycles. The molecule has 0 N–H and O–H groups in total. The van der Waals surface area contributed by atoms with Gasteiger partial charge in [-0.05, 0) is 5.92 Å². The molecular formula is C14H18NO2Y-. The zero-order chi connectivity index (χ0) is 12.3. The van der Waals surface area contributed by atoms with Crippen LogP contribution in [-0.4, -0.2) is 37.1 Å². The van der Waals surface area contributed by atoms with E-state index in [0.29, 0.717) is 32.2 Å². The van der Waals surface area contributed by atoms with Crippen molar-refractivity contribution >= 4 is 5.91 Å². The van der Waals surface area contributed by atoms with Gasteiger partial charge in [0.1, 0.15) is 0 Å². The molecule has 1 aliphatic heterocycles. The zero-order valence-electron chi connectivity index (χ0n) is 11.0. The van der Waals surface area contributed by atoms with E-state index < -0.39 is 0 Å². The minimum absolute atomic E-state index is 0. The SMILES string of the molecule is CC(C)c1[c-]cc(C(=O)N2CCOCC2)cc1.[Y]. The van der Waals surface area contributed by atoms with Crippen LogP contribution in [0.15, 0.2) is 18.2 Å². The van der Waals surface area contributed by atoms with Crippen molar-refractivity contribution in [3.8, 4) is 0 Å². The number of carbonyl (C=O) groups is 1. The molecule has 0 aliphatic carbocycles. The van der Waals surface area contributed by atoms with E-state index in [0.717, 1.165) is 11.1 Å². The van der Waals surface area contributed by atoms with Gasteiger partial charge in [0, 0.05) is 45.8 Å². The van der Waals surface area contributed by atoms with Crippen LogP contribution in [0, 0.1) is 6.07 Å². The second-order valence-corrected chi connectivity index (χ2v) is 4.59. The van der Waals surface area contributed by atoms with Crippen molar-refractivity contribution < 1.29 is 42.2 Å². The van der Waals surface area contributed by atoms with E-state index in [4.69, 9.17) is 4.74 Å². The van der Waals surface area contributed by atoms with Gasteiger partial charge in [-0.3, -0.25) is 4.79 Å². The Labute approximate surface area is 134 Å². The Balaban J connectivity index is 0.00000162. The average Bonchev–Trinajstić information content (AvgIpc) is 2.39. The van der Waals surface area contributed by atoms with E-state index in [-0.39, 0.29) is 38.6 Å². The van der Waals surface area contributed by atoms with Gasteiger partial charge in [-0.25, -0.2) is 0 Å². The fourth-order valence-corrected chi connectivity index (χ4v) is 1.88. The molecule has 0 bridgehead atoms. The summed E-state index contributed by atoms with van der Waals surface area (Å²) >= 11 is 0. The number of ether oxygens (including phenoxy) is 1. The molecule has 1 radical (unpaired) electrons. The monoisotopic (exact) mass is 321 g/mol. The van der Waals surface area contributed by atoms with Crippen LogP contribution in [0.1, 0.15) is 35.7 Å². The topological polar surface area (TPSA) is 29.5 Å². The standard InChI is InChI=1S/C14H18NO2.Y/c1-11(2)12-3-5-13(6-4-12)14(16)15-7-9-17-10-8-15;/h3,5-6,11H,7-10H2,1-2H3;/q-1;. The Morgan fingerprint density at radius 1 is 1.33 bits per heavy atom. The van der Waals surface area contributed by atoms with Gasteiger partial charge in [0.25, 0.3) is 0 Å². The number of morpholine rings is 1. The molecule has 1 saturated heterocycles. The summed E-state index contributed by atoms with van der Waals surface area (Å²) in [5.74, 6) is 0.530. The summed E-state index contributed by atoms with van der Waals surface area (Å²) in [4.78, 5) is 14.0. The fourth-order valence-electron chi connectivity index (χ4n) is 1.88. The molecule has 1 heterocycles. The first-order valence-corrected chi connectivity index (χ1v) is 6.07. The maximum Gasteiger partial charge on any atom is 0.198 e. The van der Waals surface area contributed by atoms with Crippen LogP contribution in [0.3, 0.4) is 0 Å². The largest absolute Gasteiger partial charge is 0.378 e. The summed E-state index contributed by atoms with van der Waals surface area (Å²) < 4.78 is 5.23. The van der Waals surface area contributed by atoms with Gasteiger partial charge in [-0.15, -0.1) is 0 Å².